The fourth-order valence-corrected chi connectivity index (χ4v) is 4.87. The maximum absolute atomic E-state index is 12.5. The van der Waals surface area contributed by atoms with Crippen molar-refractivity contribution < 1.29 is 14.6 Å². The smallest absolute Gasteiger partial charge is 0.233 e. The number of phenols is 1. The minimum absolute atomic E-state index is 0.102. The second kappa shape index (κ2) is 10.5. The highest BCUT2D eigenvalue weighted by molar-refractivity contribution is 7.66. The Kier molecular flexibility index (Phi) is 8.34. The molecule has 2 aromatic rings. The summed E-state index contributed by atoms with van der Waals surface area (Å²) in [4.78, 5) is 10.2. The number of hydrogen-bond donors (Lipinski definition) is 2. The molecule has 0 aromatic heterocycles. The molecule has 0 saturated carbocycles. The van der Waals surface area contributed by atoms with Crippen LogP contribution in [0.3, 0.4) is 0 Å². The van der Waals surface area contributed by atoms with Gasteiger partial charge in [0, 0.05) is 6.16 Å². The maximum atomic E-state index is 12.5. The van der Waals surface area contributed by atoms with Crippen LogP contribution in [-0.4, -0.2) is 16.2 Å². The quantitative estimate of drug-likeness (QED) is 0.408. The molecular weight excluding hydrogens is 355 g/mol. The van der Waals surface area contributed by atoms with Gasteiger partial charge in [0.25, 0.3) is 0 Å². The van der Waals surface area contributed by atoms with Crippen molar-refractivity contribution in [2.45, 2.75) is 52.4 Å². The van der Waals surface area contributed by atoms with Gasteiger partial charge in [0.2, 0.25) is 7.37 Å². The highest BCUT2D eigenvalue weighted by Crippen LogP contribution is 2.42. The normalized spacial score (nSPS) is 13.7. The minimum atomic E-state index is -3.51. The molecule has 1 unspecified atom stereocenters. The number of unbranched alkanes of at least 4 members (excludes halogenated alkanes) is 1. The van der Waals surface area contributed by atoms with E-state index in [9.17, 15) is 14.6 Å². The Morgan fingerprint density at radius 2 is 1.78 bits per heavy atom. The highest BCUT2D eigenvalue weighted by atomic mass is 31.2. The standard InChI is InChI=1S/C23H31O3P/c1-3-10-19-15-16-20(21(18-19)11-4-2)12-6-5-9-17-27(25,26)23-14-8-7-13-22(23)24/h6-8,12-16,18,24H,3-5,9-11,17H2,1-2H3,(H,25,26). The van der Waals surface area contributed by atoms with Gasteiger partial charge in [-0.05, 0) is 54.5 Å². The van der Waals surface area contributed by atoms with Crippen LogP contribution in [0.1, 0.15) is 56.2 Å². The number of aryl methyl sites for hydroxylation is 2. The molecule has 146 valence electrons. The zero-order valence-corrected chi connectivity index (χ0v) is 17.3. The molecule has 1 atom stereocenters. The summed E-state index contributed by atoms with van der Waals surface area (Å²) in [6.45, 7) is 4.39. The minimum Gasteiger partial charge on any atom is -0.507 e. The Labute approximate surface area is 163 Å². The maximum Gasteiger partial charge on any atom is 0.233 e. The third-order valence-corrected chi connectivity index (χ3v) is 6.71. The van der Waals surface area contributed by atoms with Gasteiger partial charge in [0.15, 0.2) is 0 Å². The average molecular weight is 386 g/mol. The molecule has 4 heteroatoms. The second-order valence-corrected chi connectivity index (χ2v) is 9.32. The molecule has 3 nitrogen and oxygen atoms in total. The topological polar surface area (TPSA) is 57.5 Å². The molecule has 0 aliphatic heterocycles. The molecule has 2 rings (SSSR count). The van der Waals surface area contributed by atoms with E-state index in [1.54, 1.807) is 12.1 Å². The zero-order chi connectivity index (χ0) is 19.7. The lowest BCUT2D eigenvalue weighted by atomic mass is 9.98. The Morgan fingerprint density at radius 3 is 2.48 bits per heavy atom. The first-order valence-electron chi connectivity index (χ1n) is 9.86. The highest BCUT2D eigenvalue weighted by Gasteiger charge is 2.23. The van der Waals surface area contributed by atoms with Crippen LogP contribution >= 0.6 is 7.37 Å². The summed E-state index contributed by atoms with van der Waals surface area (Å²) in [5, 5.41) is 9.95. The first-order valence-corrected chi connectivity index (χ1v) is 11.7. The number of phenolic OH excluding ortho intramolecular Hbond substituents is 1. The Bertz CT molecular complexity index is 811. The first kappa shape index (κ1) is 21.5. The van der Waals surface area contributed by atoms with Crippen LogP contribution in [0.25, 0.3) is 6.08 Å². The molecule has 0 spiro atoms. The summed E-state index contributed by atoms with van der Waals surface area (Å²) in [5.74, 6) is -0.102. The molecule has 0 fully saturated rings. The first-order chi connectivity index (χ1) is 13.0. The largest absolute Gasteiger partial charge is 0.507 e. The number of hydrogen-bond acceptors (Lipinski definition) is 2. The molecule has 0 saturated heterocycles. The van der Waals surface area contributed by atoms with Gasteiger partial charge in [-0.1, -0.05) is 69.2 Å². The Balaban J connectivity index is 1.96. The molecule has 0 aliphatic rings. The van der Waals surface area contributed by atoms with Gasteiger partial charge in [-0.2, -0.15) is 0 Å². The van der Waals surface area contributed by atoms with Crippen molar-refractivity contribution in [1.29, 1.82) is 0 Å². The van der Waals surface area contributed by atoms with Gasteiger partial charge in [-0.25, -0.2) is 0 Å². The number of rotatable bonds is 10. The molecule has 2 aromatic carbocycles. The third kappa shape index (κ3) is 6.37. The van der Waals surface area contributed by atoms with Crippen LogP contribution in [0.4, 0.5) is 0 Å². The Hall–Kier alpha value is -1.83. The van der Waals surface area contributed by atoms with Crippen molar-refractivity contribution in [3.63, 3.8) is 0 Å². The van der Waals surface area contributed by atoms with Crippen molar-refractivity contribution in [1.82, 2.24) is 0 Å². The van der Waals surface area contributed by atoms with Gasteiger partial charge in [0.05, 0.1) is 5.30 Å². The van der Waals surface area contributed by atoms with Crippen LogP contribution in [0, 0.1) is 0 Å². The van der Waals surface area contributed by atoms with Crippen molar-refractivity contribution in [3.8, 4) is 5.75 Å². The SMILES string of the molecule is CCCc1ccc(C=CCCCP(=O)(O)c2ccccc2O)c(CCC)c1. The van der Waals surface area contributed by atoms with Crippen molar-refractivity contribution in [3.05, 3.63) is 65.2 Å². The van der Waals surface area contributed by atoms with Crippen LogP contribution in [0.15, 0.2) is 48.5 Å². The molecule has 27 heavy (non-hydrogen) atoms. The second-order valence-electron chi connectivity index (χ2n) is 6.99. The molecule has 0 aliphatic carbocycles. The van der Waals surface area contributed by atoms with Crippen LogP contribution in [0.2, 0.25) is 0 Å². The number of para-hydroxylation sites is 1. The number of aromatic hydroxyl groups is 1. The Morgan fingerprint density at radius 1 is 1.04 bits per heavy atom. The van der Waals surface area contributed by atoms with E-state index in [4.69, 9.17) is 0 Å². The van der Waals surface area contributed by atoms with E-state index < -0.39 is 7.37 Å². The number of benzene rings is 2. The predicted molar refractivity (Wildman–Crippen MR) is 115 cm³/mol. The van der Waals surface area contributed by atoms with E-state index in [0.717, 1.165) is 32.1 Å². The van der Waals surface area contributed by atoms with E-state index >= 15 is 0 Å². The lowest BCUT2D eigenvalue weighted by molar-refractivity contribution is 0.468. The van der Waals surface area contributed by atoms with Crippen molar-refractivity contribution in [2.24, 2.45) is 0 Å². The molecule has 0 radical (unpaired) electrons. The monoisotopic (exact) mass is 386 g/mol. The number of allylic oxidation sites excluding steroid dienone is 1. The predicted octanol–water partition coefficient (Wildman–Crippen LogP) is 5.69. The van der Waals surface area contributed by atoms with E-state index in [-0.39, 0.29) is 17.2 Å². The lowest BCUT2D eigenvalue weighted by Crippen LogP contribution is -2.07. The van der Waals surface area contributed by atoms with Crippen molar-refractivity contribution in [2.75, 3.05) is 6.16 Å². The summed E-state index contributed by atoms with van der Waals surface area (Å²) in [6.07, 6.45) is 10.2. The molecule has 2 N–H and O–H groups in total. The fraction of sp³-hybridized carbons (Fsp3) is 0.391. The third-order valence-electron chi connectivity index (χ3n) is 4.65. The summed E-state index contributed by atoms with van der Waals surface area (Å²) < 4.78 is 12.5. The molecular formula is C23H31O3P. The van der Waals surface area contributed by atoms with Gasteiger partial charge in [-0.3, -0.25) is 4.57 Å². The molecule has 0 heterocycles. The van der Waals surface area contributed by atoms with Crippen LogP contribution in [0.5, 0.6) is 5.75 Å². The molecule has 0 bridgehead atoms. The summed E-state index contributed by atoms with van der Waals surface area (Å²) >= 11 is 0. The van der Waals surface area contributed by atoms with Gasteiger partial charge < -0.3 is 10.00 Å². The summed E-state index contributed by atoms with van der Waals surface area (Å²) in [7, 11) is -3.51. The van der Waals surface area contributed by atoms with Gasteiger partial charge >= 0.3 is 0 Å². The zero-order valence-electron chi connectivity index (χ0n) is 16.4. The van der Waals surface area contributed by atoms with Gasteiger partial charge in [0.1, 0.15) is 5.75 Å². The van der Waals surface area contributed by atoms with Crippen LogP contribution < -0.4 is 5.30 Å². The van der Waals surface area contributed by atoms with E-state index in [0.29, 0.717) is 6.42 Å². The van der Waals surface area contributed by atoms with Crippen molar-refractivity contribution >= 4 is 18.7 Å². The fourth-order valence-electron chi connectivity index (χ4n) is 3.27. The molecule has 0 amide bonds. The van der Waals surface area contributed by atoms with E-state index in [1.807, 2.05) is 0 Å². The summed E-state index contributed by atoms with van der Waals surface area (Å²) in [5.41, 5.74) is 4.01. The van der Waals surface area contributed by atoms with Gasteiger partial charge in [-0.15, -0.1) is 0 Å². The van der Waals surface area contributed by atoms with E-state index in [2.05, 4.69) is 44.2 Å². The van der Waals surface area contributed by atoms with E-state index in [1.165, 1.54) is 28.8 Å². The lowest BCUT2D eigenvalue weighted by Gasteiger charge is -2.12. The summed E-state index contributed by atoms with van der Waals surface area (Å²) in [6, 6.07) is 13.0. The van der Waals surface area contributed by atoms with Crippen LogP contribution in [-0.2, 0) is 17.4 Å². The average Bonchev–Trinajstić information content (AvgIpc) is 2.63.